The van der Waals surface area contributed by atoms with E-state index >= 15 is 0 Å². The third-order valence-corrected chi connectivity index (χ3v) is 4.74. The zero-order valence-corrected chi connectivity index (χ0v) is 14.1. The van der Waals surface area contributed by atoms with Crippen LogP contribution in [0.4, 0.5) is 5.69 Å². The van der Waals surface area contributed by atoms with Crippen LogP contribution < -0.4 is 10.2 Å². The van der Waals surface area contributed by atoms with Crippen LogP contribution in [-0.4, -0.2) is 13.1 Å². The van der Waals surface area contributed by atoms with E-state index in [2.05, 4.69) is 51.3 Å². The topological polar surface area (TPSA) is 28.4 Å². The zero-order valence-electron chi connectivity index (χ0n) is 12.5. The molecule has 0 spiro atoms. The molecule has 0 aliphatic heterocycles. The second-order valence-electron chi connectivity index (χ2n) is 5.66. The van der Waals surface area contributed by atoms with Crippen LogP contribution in [0.15, 0.2) is 45.5 Å². The molecular formula is C17H21BrN2O. The summed E-state index contributed by atoms with van der Waals surface area (Å²) in [6.07, 6.45) is 4.27. The SMILES string of the molecule is CNC(C)c1ccc(N(Cc2ccco2)C2CC2)c(Br)c1. The maximum atomic E-state index is 5.52. The molecule has 1 aromatic carbocycles. The maximum Gasteiger partial charge on any atom is 0.123 e. The molecule has 0 amide bonds. The Bertz CT molecular complexity index is 593. The molecule has 1 aromatic heterocycles. The van der Waals surface area contributed by atoms with Gasteiger partial charge in [0.2, 0.25) is 0 Å². The van der Waals surface area contributed by atoms with Crippen molar-refractivity contribution in [2.24, 2.45) is 0 Å². The molecule has 1 unspecified atom stereocenters. The minimum absolute atomic E-state index is 0.356. The highest BCUT2D eigenvalue weighted by molar-refractivity contribution is 9.10. The van der Waals surface area contributed by atoms with Gasteiger partial charge in [-0.15, -0.1) is 0 Å². The summed E-state index contributed by atoms with van der Waals surface area (Å²) in [6, 6.07) is 11.6. The van der Waals surface area contributed by atoms with E-state index in [1.165, 1.54) is 24.1 Å². The second-order valence-corrected chi connectivity index (χ2v) is 6.51. The Labute approximate surface area is 134 Å². The smallest absolute Gasteiger partial charge is 0.123 e. The molecule has 1 aliphatic carbocycles. The Morgan fingerprint density at radius 1 is 1.38 bits per heavy atom. The molecule has 1 saturated carbocycles. The number of hydrogen-bond donors (Lipinski definition) is 1. The molecule has 1 atom stereocenters. The minimum Gasteiger partial charge on any atom is -0.467 e. The maximum absolute atomic E-state index is 5.52. The Morgan fingerprint density at radius 3 is 2.76 bits per heavy atom. The van der Waals surface area contributed by atoms with Gasteiger partial charge in [0.1, 0.15) is 5.76 Å². The van der Waals surface area contributed by atoms with Crippen molar-refractivity contribution in [2.75, 3.05) is 11.9 Å². The number of benzene rings is 1. The van der Waals surface area contributed by atoms with Crippen molar-refractivity contribution < 1.29 is 4.42 Å². The lowest BCUT2D eigenvalue weighted by Crippen LogP contribution is -2.25. The van der Waals surface area contributed by atoms with E-state index in [1.54, 1.807) is 6.26 Å². The van der Waals surface area contributed by atoms with Crippen LogP contribution in [0, 0.1) is 0 Å². The lowest BCUT2D eigenvalue weighted by atomic mass is 10.1. The van der Waals surface area contributed by atoms with E-state index < -0.39 is 0 Å². The van der Waals surface area contributed by atoms with Crippen LogP contribution in [0.5, 0.6) is 0 Å². The van der Waals surface area contributed by atoms with E-state index in [4.69, 9.17) is 4.42 Å². The van der Waals surface area contributed by atoms with Crippen molar-refractivity contribution in [2.45, 2.75) is 38.4 Å². The third kappa shape index (κ3) is 3.33. The number of nitrogens with one attached hydrogen (secondary N) is 1. The highest BCUT2D eigenvalue weighted by Crippen LogP contribution is 2.38. The van der Waals surface area contributed by atoms with Crippen LogP contribution in [0.25, 0.3) is 0 Å². The molecule has 3 rings (SSSR count). The fourth-order valence-corrected chi connectivity index (χ4v) is 3.18. The van der Waals surface area contributed by atoms with Crippen molar-refractivity contribution in [3.63, 3.8) is 0 Å². The number of halogens is 1. The van der Waals surface area contributed by atoms with Gasteiger partial charge >= 0.3 is 0 Å². The van der Waals surface area contributed by atoms with Crippen LogP contribution in [0.2, 0.25) is 0 Å². The highest BCUT2D eigenvalue weighted by Gasteiger charge is 2.31. The third-order valence-electron chi connectivity index (χ3n) is 4.11. The van der Waals surface area contributed by atoms with Crippen molar-refractivity contribution in [1.29, 1.82) is 0 Å². The van der Waals surface area contributed by atoms with Gasteiger partial charge in [0.25, 0.3) is 0 Å². The summed E-state index contributed by atoms with van der Waals surface area (Å²) in [7, 11) is 1.99. The summed E-state index contributed by atoms with van der Waals surface area (Å²) in [4.78, 5) is 2.44. The average molecular weight is 349 g/mol. The van der Waals surface area contributed by atoms with Gasteiger partial charge in [-0.1, -0.05) is 6.07 Å². The molecule has 4 heteroatoms. The molecule has 1 heterocycles. The minimum atomic E-state index is 0.356. The summed E-state index contributed by atoms with van der Waals surface area (Å²) in [5, 5.41) is 3.28. The Balaban J connectivity index is 1.85. The van der Waals surface area contributed by atoms with Gasteiger partial charge in [0.15, 0.2) is 0 Å². The molecule has 112 valence electrons. The van der Waals surface area contributed by atoms with Crippen LogP contribution in [0.3, 0.4) is 0 Å². The van der Waals surface area contributed by atoms with E-state index in [-0.39, 0.29) is 0 Å². The van der Waals surface area contributed by atoms with E-state index in [0.717, 1.165) is 16.8 Å². The standard InChI is InChI=1S/C17H21BrN2O/c1-12(19-2)13-5-8-17(16(18)10-13)20(14-6-7-14)11-15-4-3-9-21-15/h3-5,8-10,12,14,19H,6-7,11H2,1-2H3. The fourth-order valence-electron chi connectivity index (χ4n) is 2.56. The number of furan rings is 1. The van der Waals surface area contributed by atoms with Crippen LogP contribution in [-0.2, 0) is 6.54 Å². The predicted molar refractivity (Wildman–Crippen MR) is 89.5 cm³/mol. The Hall–Kier alpha value is -1.26. The average Bonchev–Trinajstić information content (AvgIpc) is 3.21. The normalized spacial score (nSPS) is 16.0. The monoisotopic (exact) mass is 348 g/mol. The molecule has 1 fully saturated rings. The summed E-state index contributed by atoms with van der Waals surface area (Å²) in [5.74, 6) is 1.02. The van der Waals surface area contributed by atoms with E-state index in [0.29, 0.717) is 12.1 Å². The van der Waals surface area contributed by atoms with E-state index in [9.17, 15) is 0 Å². The first kappa shape index (κ1) is 14.7. The number of rotatable bonds is 6. The fraction of sp³-hybridized carbons (Fsp3) is 0.412. The summed E-state index contributed by atoms with van der Waals surface area (Å²) >= 11 is 3.75. The zero-order chi connectivity index (χ0) is 14.8. The quantitative estimate of drug-likeness (QED) is 0.833. The molecule has 1 aliphatic rings. The lowest BCUT2D eigenvalue weighted by Gasteiger charge is -2.25. The molecule has 0 bridgehead atoms. The van der Waals surface area contributed by atoms with Crippen LogP contribution >= 0.6 is 15.9 Å². The van der Waals surface area contributed by atoms with Gasteiger partial charge in [0, 0.05) is 16.6 Å². The Morgan fingerprint density at radius 2 is 2.19 bits per heavy atom. The number of nitrogens with zero attached hydrogens (tertiary/aromatic N) is 1. The van der Waals surface area contributed by atoms with Crippen LogP contribution in [0.1, 0.15) is 37.1 Å². The highest BCUT2D eigenvalue weighted by atomic mass is 79.9. The lowest BCUT2D eigenvalue weighted by molar-refractivity contribution is 0.501. The largest absolute Gasteiger partial charge is 0.467 e. The molecule has 3 nitrogen and oxygen atoms in total. The van der Waals surface area contributed by atoms with Gasteiger partial charge in [-0.3, -0.25) is 0 Å². The summed E-state index contributed by atoms with van der Waals surface area (Å²) in [5.41, 5.74) is 2.54. The number of hydrogen-bond acceptors (Lipinski definition) is 3. The molecule has 1 N–H and O–H groups in total. The van der Waals surface area contributed by atoms with E-state index in [1.807, 2.05) is 19.2 Å². The Kier molecular flexibility index (Phi) is 4.36. The first-order valence-electron chi connectivity index (χ1n) is 7.44. The van der Waals surface area contributed by atoms with Gasteiger partial charge in [-0.2, -0.15) is 0 Å². The first-order chi connectivity index (χ1) is 10.2. The summed E-state index contributed by atoms with van der Waals surface area (Å²) in [6.45, 7) is 3.00. The van der Waals surface area contributed by atoms with Crippen molar-refractivity contribution in [3.05, 3.63) is 52.4 Å². The first-order valence-corrected chi connectivity index (χ1v) is 8.24. The molecule has 2 aromatic rings. The second kappa shape index (κ2) is 6.24. The summed E-state index contributed by atoms with van der Waals surface area (Å²) < 4.78 is 6.67. The molecular weight excluding hydrogens is 328 g/mol. The molecule has 0 radical (unpaired) electrons. The molecule has 21 heavy (non-hydrogen) atoms. The van der Waals surface area contributed by atoms with Gasteiger partial charge < -0.3 is 14.6 Å². The van der Waals surface area contributed by atoms with Crippen molar-refractivity contribution in [1.82, 2.24) is 5.32 Å². The van der Waals surface area contributed by atoms with Crippen molar-refractivity contribution in [3.8, 4) is 0 Å². The van der Waals surface area contributed by atoms with Gasteiger partial charge in [0.05, 0.1) is 18.5 Å². The van der Waals surface area contributed by atoms with Crippen molar-refractivity contribution >= 4 is 21.6 Å². The van der Waals surface area contributed by atoms with Gasteiger partial charge in [-0.05, 0) is 72.6 Å². The number of anilines is 1. The predicted octanol–water partition coefficient (Wildman–Crippen LogP) is 4.49. The molecule has 0 saturated heterocycles. The van der Waals surface area contributed by atoms with Gasteiger partial charge in [-0.25, -0.2) is 0 Å².